The summed E-state index contributed by atoms with van der Waals surface area (Å²) < 4.78 is 0. The van der Waals surface area contributed by atoms with Crippen LogP contribution >= 0.6 is 11.6 Å². The van der Waals surface area contributed by atoms with Crippen LogP contribution in [0.5, 0.6) is 0 Å². The van der Waals surface area contributed by atoms with Crippen molar-refractivity contribution < 1.29 is 4.92 Å². The Labute approximate surface area is 100 Å². The van der Waals surface area contributed by atoms with E-state index in [2.05, 4.69) is 10.2 Å². The van der Waals surface area contributed by atoms with Crippen molar-refractivity contribution in [2.24, 2.45) is 0 Å². The molecule has 0 aliphatic heterocycles. The minimum Gasteiger partial charge on any atom is -0.267 e. The number of nitro benzene ring substituents is 1. The Kier molecular flexibility index (Phi) is 2.88. The number of rotatable bonds is 2. The van der Waals surface area contributed by atoms with Gasteiger partial charge in [0.15, 0.2) is 0 Å². The van der Waals surface area contributed by atoms with Gasteiger partial charge in [0.25, 0.3) is 11.2 Å². The molecule has 6 nitrogen and oxygen atoms in total. The zero-order valence-corrected chi connectivity index (χ0v) is 9.14. The van der Waals surface area contributed by atoms with E-state index in [0.717, 1.165) is 0 Å². The van der Waals surface area contributed by atoms with Crippen molar-refractivity contribution in [1.29, 1.82) is 0 Å². The van der Waals surface area contributed by atoms with E-state index in [9.17, 15) is 14.9 Å². The smallest absolute Gasteiger partial charge is 0.267 e. The third-order valence-electron chi connectivity index (χ3n) is 2.14. The maximum atomic E-state index is 11.5. The number of nitro groups is 1. The molecule has 0 aliphatic carbocycles. The predicted octanol–water partition coefficient (Wildman–Crippen LogP) is 2.00. The van der Waals surface area contributed by atoms with E-state index < -0.39 is 10.5 Å². The van der Waals surface area contributed by atoms with Gasteiger partial charge in [0.2, 0.25) is 0 Å². The van der Waals surface area contributed by atoms with Crippen LogP contribution in [0.3, 0.4) is 0 Å². The number of nitrogens with one attached hydrogen (secondary N) is 1. The molecule has 1 aromatic carbocycles. The topological polar surface area (TPSA) is 88.9 Å². The van der Waals surface area contributed by atoms with Gasteiger partial charge >= 0.3 is 0 Å². The Morgan fingerprint density at radius 1 is 1.35 bits per heavy atom. The van der Waals surface area contributed by atoms with Crippen molar-refractivity contribution in [2.75, 3.05) is 0 Å². The van der Waals surface area contributed by atoms with Gasteiger partial charge in [-0.2, -0.15) is 5.10 Å². The summed E-state index contributed by atoms with van der Waals surface area (Å²) >= 11 is 5.65. The van der Waals surface area contributed by atoms with Crippen LogP contribution in [-0.4, -0.2) is 15.1 Å². The molecule has 17 heavy (non-hydrogen) atoms. The van der Waals surface area contributed by atoms with Crippen molar-refractivity contribution in [3.8, 4) is 11.1 Å². The van der Waals surface area contributed by atoms with Crippen molar-refractivity contribution in [3.63, 3.8) is 0 Å². The summed E-state index contributed by atoms with van der Waals surface area (Å²) in [5.41, 5.74) is 0.128. The van der Waals surface area contributed by atoms with Crippen LogP contribution in [0.1, 0.15) is 0 Å². The lowest BCUT2D eigenvalue weighted by Crippen LogP contribution is -2.10. The Morgan fingerprint density at radius 3 is 2.82 bits per heavy atom. The van der Waals surface area contributed by atoms with Crippen molar-refractivity contribution in [2.45, 2.75) is 0 Å². The highest BCUT2D eigenvalue weighted by molar-refractivity contribution is 6.29. The number of benzene rings is 1. The molecule has 0 spiro atoms. The van der Waals surface area contributed by atoms with Gasteiger partial charge in [0.05, 0.1) is 10.5 Å². The van der Waals surface area contributed by atoms with E-state index in [-0.39, 0.29) is 16.4 Å². The van der Waals surface area contributed by atoms with E-state index in [0.29, 0.717) is 5.56 Å². The molecule has 1 N–H and O–H groups in total. The fourth-order valence-corrected chi connectivity index (χ4v) is 1.53. The van der Waals surface area contributed by atoms with Crippen LogP contribution in [0.2, 0.25) is 5.15 Å². The SMILES string of the molecule is O=c1[nH]nc(Cl)cc1-c1cccc([N+](=O)[O-])c1. The van der Waals surface area contributed by atoms with Crippen LogP contribution in [0.25, 0.3) is 11.1 Å². The van der Waals surface area contributed by atoms with Crippen molar-refractivity contribution >= 4 is 17.3 Å². The summed E-state index contributed by atoms with van der Waals surface area (Å²) in [4.78, 5) is 21.6. The number of H-pyrrole nitrogens is 1. The van der Waals surface area contributed by atoms with Crippen molar-refractivity contribution in [1.82, 2.24) is 10.2 Å². The fourth-order valence-electron chi connectivity index (χ4n) is 1.38. The average molecular weight is 252 g/mol. The highest BCUT2D eigenvalue weighted by Crippen LogP contribution is 2.21. The molecule has 0 unspecified atom stereocenters. The molecule has 2 rings (SSSR count). The molecule has 0 fully saturated rings. The lowest BCUT2D eigenvalue weighted by molar-refractivity contribution is -0.384. The molecule has 1 aromatic heterocycles. The molecule has 0 saturated heterocycles. The quantitative estimate of drug-likeness (QED) is 0.653. The number of aromatic amines is 1. The Morgan fingerprint density at radius 2 is 2.12 bits per heavy atom. The summed E-state index contributed by atoms with van der Waals surface area (Å²) in [6, 6.07) is 7.11. The van der Waals surface area contributed by atoms with Crippen LogP contribution in [0, 0.1) is 10.1 Å². The zero-order valence-electron chi connectivity index (χ0n) is 8.38. The van der Waals surface area contributed by atoms with Gasteiger partial charge in [0, 0.05) is 12.1 Å². The van der Waals surface area contributed by atoms with E-state index in [1.54, 1.807) is 6.07 Å². The van der Waals surface area contributed by atoms with Gasteiger partial charge in [-0.1, -0.05) is 23.7 Å². The average Bonchev–Trinajstić information content (AvgIpc) is 2.32. The summed E-state index contributed by atoms with van der Waals surface area (Å²) in [6.07, 6.45) is 0. The van der Waals surface area contributed by atoms with E-state index in [4.69, 9.17) is 11.6 Å². The second-order valence-corrected chi connectivity index (χ2v) is 3.63. The molecule has 0 aliphatic rings. The Hall–Kier alpha value is -2.21. The first kappa shape index (κ1) is 11.3. The molecule has 7 heteroatoms. The van der Waals surface area contributed by atoms with Gasteiger partial charge in [-0.05, 0) is 11.6 Å². The van der Waals surface area contributed by atoms with Gasteiger partial charge in [-0.3, -0.25) is 14.9 Å². The number of nitrogens with zero attached hydrogens (tertiary/aromatic N) is 2. The standard InChI is InChI=1S/C10H6ClN3O3/c11-9-5-8(10(15)13-12-9)6-2-1-3-7(4-6)14(16)17/h1-5H,(H,13,15). The molecule has 0 saturated carbocycles. The first-order chi connectivity index (χ1) is 8.08. The largest absolute Gasteiger partial charge is 0.272 e. The van der Waals surface area contributed by atoms with Gasteiger partial charge in [-0.25, -0.2) is 5.10 Å². The van der Waals surface area contributed by atoms with Crippen LogP contribution < -0.4 is 5.56 Å². The maximum Gasteiger partial charge on any atom is 0.272 e. The minimum absolute atomic E-state index is 0.0881. The number of hydrogen-bond acceptors (Lipinski definition) is 4. The predicted molar refractivity (Wildman–Crippen MR) is 62.0 cm³/mol. The number of halogens is 1. The van der Waals surface area contributed by atoms with E-state index in [1.807, 2.05) is 0 Å². The second kappa shape index (κ2) is 4.34. The second-order valence-electron chi connectivity index (χ2n) is 3.24. The molecule has 2 aromatic rings. The molecular weight excluding hydrogens is 246 g/mol. The van der Waals surface area contributed by atoms with Crippen LogP contribution in [0.15, 0.2) is 35.1 Å². The summed E-state index contributed by atoms with van der Waals surface area (Å²) in [7, 11) is 0. The fraction of sp³-hybridized carbons (Fsp3) is 0. The van der Waals surface area contributed by atoms with Gasteiger partial charge in [-0.15, -0.1) is 0 Å². The number of non-ortho nitro benzene ring substituents is 1. The minimum atomic E-state index is -0.527. The maximum absolute atomic E-state index is 11.5. The van der Waals surface area contributed by atoms with Crippen LogP contribution in [-0.2, 0) is 0 Å². The summed E-state index contributed by atoms with van der Waals surface area (Å²) in [5.74, 6) is 0. The molecule has 0 amide bonds. The summed E-state index contributed by atoms with van der Waals surface area (Å²) in [5, 5.41) is 16.5. The normalized spacial score (nSPS) is 10.2. The first-order valence-corrected chi connectivity index (χ1v) is 4.96. The molecule has 0 atom stereocenters. The Bertz CT molecular complexity index is 639. The van der Waals surface area contributed by atoms with E-state index >= 15 is 0 Å². The first-order valence-electron chi connectivity index (χ1n) is 4.58. The zero-order chi connectivity index (χ0) is 12.4. The summed E-state index contributed by atoms with van der Waals surface area (Å²) in [6.45, 7) is 0. The highest BCUT2D eigenvalue weighted by atomic mass is 35.5. The van der Waals surface area contributed by atoms with Gasteiger partial charge < -0.3 is 0 Å². The van der Waals surface area contributed by atoms with Crippen LogP contribution in [0.4, 0.5) is 5.69 Å². The Balaban J connectivity index is 2.60. The lowest BCUT2D eigenvalue weighted by atomic mass is 10.1. The highest BCUT2D eigenvalue weighted by Gasteiger charge is 2.10. The van der Waals surface area contributed by atoms with E-state index in [1.165, 1.54) is 24.3 Å². The number of aromatic nitrogens is 2. The third kappa shape index (κ3) is 2.31. The van der Waals surface area contributed by atoms with Gasteiger partial charge in [0.1, 0.15) is 5.15 Å². The molecule has 0 radical (unpaired) electrons. The molecular formula is C10H6ClN3O3. The lowest BCUT2D eigenvalue weighted by Gasteiger charge is -2.00. The molecule has 0 bridgehead atoms. The van der Waals surface area contributed by atoms with Crippen molar-refractivity contribution in [3.05, 3.63) is 56.0 Å². The number of hydrogen-bond donors (Lipinski definition) is 1. The monoisotopic (exact) mass is 251 g/mol. The third-order valence-corrected chi connectivity index (χ3v) is 2.33. The molecule has 1 heterocycles. The molecule has 86 valence electrons.